The summed E-state index contributed by atoms with van der Waals surface area (Å²) >= 11 is 0. The molecular formula is C20H19F6NO5. The second-order valence-electron chi connectivity index (χ2n) is 7.57. The van der Waals surface area contributed by atoms with Gasteiger partial charge in [0.05, 0.1) is 25.5 Å². The normalized spacial score (nSPS) is 21.4. The molecule has 1 heterocycles. The largest absolute Gasteiger partial charge is 0.511 e. The van der Waals surface area contributed by atoms with Crippen molar-refractivity contribution in [2.24, 2.45) is 11.8 Å². The second kappa shape index (κ2) is 9.18. The molecule has 176 valence electrons. The predicted molar refractivity (Wildman–Crippen MR) is 95.6 cm³/mol. The van der Waals surface area contributed by atoms with Crippen LogP contribution in [0, 0.1) is 11.8 Å². The van der Waals surface area contributed by atoms with Crippen molar-refractivity contribution in [3.63, 3.8) is 0 Å². The summed E-state index contributed by atoms with van der Waals surface area (Å²) in [4.78, 5) is 29.0. The minimum atomic E-state index is -4.83. The van der Waals surface area contributed by atoms with Gasteiger partial charge in [0.15, 0.2) is 5.78 Å². The number of rotatable bonds is 8. The van der Waals surface area contributed by atoms with Crippen molar-refractivity contribution in [2.75, 3.05) is 19.8 Å². The van der Waals surface area contributed by atoms with Gasteiger partial charge in [-0.15, -0.1) is 0 Å². The van der Waals surface area contributed by atoms with Gasteiger partial charge < -0.3 is 14.6 Å². The lowest BCUT2D eigenvalue weighted by molar-refractivity contribution is -0.176. The first-order valence-corrected chi connectivity index (χ1v) is 9.70. The number of halogens is 6. The van der Waals surface area contributed by atoms with Crippen LogP contribution >= 0.6 is 0 Å². The van der Waals surface area contributed by atoms with Crippen molar-refractivity contribution < 1.29 is 50.5 Å². The van der Waals surface area contributed by atoms with E-state index in [0.29, 0.717) is 25.3 Å². The van der Waals surface area contributed by atoms with Crippen LogP contribution in [-0.4, -0.2) is 47.7 Å². The van der Waals surface area contributed by atoms with Crippen molar-refractivity contribution in [2.45, 2.75) is 38.2 Å². The Balaban J connectivity index is 1.80. The number of ketones is 2. The Bertz CT molecular complexity index is 924. The molecule has 1 N–H and O–H groups in total. The number of carbonyl (C=O) groups is 2. The topological polar surface area (TPSA) is 85.7 Å². The number of Topliss-reactive ketones (excluding diaryl/α,β-unsaturated/α-hetero) is 2. The number of aromatic nitrogens is 1. The molecule has 12 heteroatoms. The fraction of sp³-hybridized carbons (Fsp3) is 0.550. The van der Waals surface area contributed by atoms with E-state index >= 15 is 0 Å². The minimum absolute atomic E-state index is 0.356. The van der Waals surface area contributed by atoms with E-state index in [0.717, 1.165) is 6.07 Å². The second-order valence-corrected chi connectivity index (χ2v) is 7.57. The minimum Gasteiger partial charge on any atom is -0.511 e. The van der Waals surface area contributed by atoms with Gasteiger partial charge in [0, 0.05) is 17.4 Å². The van der Waals surface area contributed by atoms with Crippen LogP contribution in [0.15, 0.2) is 23.5 Å². The van der Waals surface area contributed by atoms with Crippen LogP contribution in [0.4, 0.5) is 26.3 Å². The van der Waals surface area contributed by atoms with Gasteiger partial charge in [-0.25, -0.2) is 4.98 Å². The van der Waals surface area contributed by atoms with Crippen LogP contribution in [0.2, 0.25) is 0 Å². The van der Waals surface area contributed by atoms with Gasteiger partial charge in [-0.3, -0.25) is 9.59 Å². The van der Waals surface area contributed by atoms with Crippen LogP contribution in [0.25, 0.3) is 0 Å². The molecule has 2 unspecified atom stereocenters. The monoisotopic (exact) mass is 467 g/mol. The zero-order chi connectivity index (χ0) is 23.7. The third-order valence-corrected chi connectivity index (χ3v) is 5.31. The number of aliphatic hydroxyl groups is 1. The van der Waals surface area contributed by atoms with E-state index < -0.39 is 73.2 Å². The molecule has 0 spiro atoms. The van der Waals surface area contributed by atoms with E-state index in [2.05, 4.69) is 9.72 Å². The highest BCUT2D eigenvalue weighted by Crippen LogP contribution is 2.43. The first kappa shape index (κ1) is 24.2. The third-order valence-electron chi connectivity index (χ3n) is 5.31. The van der Waals surface area contributed by atoms with E-state index in [-0.39, 0.29) is 17.2 Å². The Morgan fingerprint density at radius 1 is 1.06 bits per heavy atom. The maximum absolute atomic E-state index is 13.1. The average Bonchev–Trinajstić information content (AvgIpc) is 3.15. The molecule has 2 aliphatic rings. The van der Waals surface area contributed by atoms with Crippen LogP contribution < -0.4 is 0 Å². The number of hydrogen-bond donors (Lipinski definition) is 1. The Labute approximate surface area is 178 Å². The molecule has 2 bridgehead atoms. The van der Waals surface area contributed by atoms with E-state index in [1.54, 1.807) is 0 Å². The summed E-state index contributed by atoms with van der Waals surface area (Å²) < 4.78 is 84.8. The Hall–Kier alpha value is -2.47. The molecule has 0 aliphatic heterocycles. The first-order chi connectivity index (χ1) is 14.9. The maximum atomic E-state index is 13.1. The maximum Gasteiger partial charge on any atom is 0.433 e. The molecule has 1 aromatic heterocycles. The number of pyridine rings is 1. The SMILES string of the molecule is O=C(C1=C(O)C2CCC(C2)C1=O)c1ccc(C(F)(F)F)nc1COCCOCC(F)(F)F. The summed E-state index contributed by atoms with van der Waals surface area (Å²) in [5.41, 5.74) is -2.58. The highest BCUT2D eigenvalue weighted by Gasteiger charge is 2.44. The van der Waals surface area contributed by atoms with Gasteiger partial charge in [-0.05, 0) is 31.4 Å². The third kappa shape index (κ3) is 5.47. The van der Waals surface area contributed by atoms with Gasteiger partial charge in [0.25, 0.3) is 0 Å². The van der Waals surface area contributed by atoms with Crippen LogP contribution in [0.1, 0.15) is 41.0 Å². The van der Waals surface area contributed by atoms with Crippen LogP contribution in [0.3, 0.4) is 0 Å². The molecule has 2 atom stereocenters. The first-order valence-electron chi connectivity index (χ1n) is 9.70. The van der Waals surface area contributed by atoms with Gasteiger partial charge in [0.1, 0.15) is 23.6 Å². The van der Waals surface area contributed by atoms with Crippen molar-refractivity contribution in [1.82, 2.24) is 4.98 Å². The summed E-state index contributed by atoms with van der Waals surface area (Å²) in [7, 11) is 0. The zero-order valence-electron chi connectivity index (χ0n) is 16.6. The van der Waals surface area contributed by atoms with Crippen LogP contribution in [0.5, 0.6) is 0 Å². The highest BCUT2D eigenvalue weighted by atomic mass is 19.4. The number of alkyl halides is 6. The van der Waals surface area contributed by atoms with Gasteiger partial charge in [-0.2, -0.15) is 26.3 Å². The lowest BCUT2D eigenvalue weighted by Gasteiger charge is -2.21. The molecular weight excluding hydrogens is 448 g/mol. The zero-order valence-corrected chi connectivity index (χ0v) is 16.6. The molecule has 0 saturated heterocycles. The molecule has 1 saturated carbocycles. The Morgan fingerprint density at radius 3 is 2.38 bits per heavy atom. The number of ether oxygens (including phenoxy) is 2. The van der Waals surface area contributed by atoms with Crippen molar-refractivity contribution >= 4 is 11.6 Å². The molecule has 0 amide bonds. The van der Waals surface area contributed by atoms with Gasteiger partial charge >= 0.3 is 12.4 Å². The number of allylic oxidation sites excluding steroid dienone is 2. The number of hydrogen-bond acceptors (Lipinski definition) is 6. The van der Waals surface area contributed by atoms with Crippen LogP contribution in [-0.2, 0) is 27.1 Å². The summed E-state index contributed by atoms with van der Waals surface area (Å²) in [6.07, 6.45) is -7.92. The standard InChI is InChI=1S/C20H19F6NO5/c21-19(22,23)9-32-6-5-31-8-13-12(3-4-14(27-13)20(24,25)26)18(30)15-16(28)10-1-2-11(7-10)17(15)29/h3-4,10-11,28H,1-2,5-9H2. The summed E-state index contributed by atoms with van der Waals surface area (Å²) in [6.45, 7) is -3.05. The van der Waals surface area contributed by atoms with E-state index in [1.165, 1.54) is 0 Å². The molecule has 3 rings (SSSR count). The fourth-order valence-electron chi connectivity index (χ4n) is 3.82. The molecule has 2 aliphatic carbocycles. The van der Waals surface area contributed by atoms with Gasteiger partial charge in [-0.1, -0.05) is 0 Å². The van der Waals surface area contributed by atoms with Crippen molar-refractivity contribution in [3.05, 3.63) is 40.4 Å². The number of carbonyl (C=O) groups excluding carboxylic acids is 2. The Kier molecular flexibility index (Phi) is 6.94. The molecule has 0 radical (unpaired) electrons. The van der Waals surface area contributed by atoms with E-state index in [1.807, 2.05) is 0 Å². The lowest BCUT2D eigenvalue weighted by Crippen LogP contribution is -2.28. The molecule has 0 aromatic carbocycles. The molecule has 32 heavy (non-hydrogen) atoms. The van der Waals surface area contributed by atoms with Crippen molar-refractivity contribution in [1.29, 1.82) is 0 Å². The smallest absolute Gasteiger partial charge is 0.433 e. The number of aliphatic hydroxyl groups excluding tert-OH is 1. The van der Waals surface area contributed by atoms with E-state index in [4.69, 9.17) is 4.74 Å². The molecule has 1 aromatic rings. The van der Waals surface area contributed by atoms with Gasteiger partial charge in [0.2, 0.25) is 5.78 Å². The van der Waals surface area contributed by atoms with E-state index in [9.17, 15) is 41.0 Å². The predicted octanol–water partition coefficient (Wildman–Crippen LogP) is 4.19. The molecule has 6 nitrogen and oxygen atoms in total. The quantitative estimate of drug-likeness (QED) is 0.267. The number of fused-ring (bicyclic) bond motifs is 2. The lowest BCUT2D eigenvalue weighted by atomic mass is 9.83. The van der Waals surface area contributed by atoms with Crippen molar-refractivity contribution in [3.8, 4) is 0 Å². The number of nitrogens with zero attached hydrogens (tertiary/aromatic N) is 1. The molecule has 1 fully saturated rings. The summed E-state index contributed by atoms with van der Waals surface area (Å²) in [6, 6.07) is 1.42. The summed E-state index contributed by atoms with van der Waals surface area (Å²) in [5, 5.41) is 10.4. The fourth-order valence-corrected chi connectivity index (χ4v) is 3.82. The highest BCUT2D eigenvalue weighted by molar-refractivity contribution is 6.28. The Morgan fingerprint density at radius 2 is 1.72 bits per heavy atom. The summed E-state index contributed by atoms with van der Waals surface area (Å²) in [5.74, 6) is -2.68. The average molecular weight is 467 g/mol.